The largest absolute Gasteiger partial charge is 0.460 e. The minimum absolute atomic E-state index is 0.0875. The number of aliphatic hydroxyl groups excluding tert-OH is 2. The fourth-order valence-electron chi connectivity index (χ4n) is 4.32. The SMILES string of the molecule is CCOC(=O)C(=O)c1ccc(C(O)C(O)CNC(=O)OCC2c3ccccc3-c3ccccc32)cc1. The molecule has 2 atom stereocenters. The number of hydrogen-bond donors (Lipinski definition) is 3. The van der Waals surface area contributed by atoms with Gasteiger partial charge in [-0.2, -0.15) is 0 Å². The van der Waals surface area contributed by atoms with Gasteiger partial charge in [-0.1, -0.05) is 72.8 Å². The number of amides is 1. The Hall–Kier alpha value is -4.01. The van der Waals surface area contributed by atoms with E-state index in [9.17, 15) is 24.6 Å². The molecule has 2 unspecified atom stereocenters. The van der Waals surface area contributed by atoms with Crippen molar-refractivity contribution in [1.82, 2.24) is 5.32 Å². The topological polar surface area (TPSA) is 122 Å². The van der Waals surface area contributed by atoms with Gasteiger partial charge in [0.2, 0.25) is 0 Å². The van der Waals surface area contributed by atoms with Crippen LogP contribution in [0.2, 0.25) is 0 Å². The normalized spacial score (nSPS) is 13.8. The molecule has 0 saturated carbocycles. The maximum absolute atomic E-state index is 12.3. The standard InChI is InChI=1S/C28H27NO7/c1-2-35-27(33)26(32)18-13-11-17(12-14-18)25(31)24(30)15-29-28(34)36-16-23-21-9-5-3-7-19(21)20-8-4-6-10-22(20)23/h3-14,23-25,30-31H,2,15-16H2,1H3,(H,29,34). The van der Waals surface area contributed by atoms with Crippen molar-refractivity contribution in [2.75, 3.05) is 19.8 Å². The van der Waals surface area contributed by atoms with E-state index in [-0.39, 0.29) is 31.2 Å². The van der Waals surface area contributed by atoms with Crippen molar-refractivity contribution in [2.24, 2.45) is 0 Å². The van der Waals surface area contributed by atoms with Crippen LogP contribution in [0.1, 0.15) is 46.0 Å². The number of rotatable bonds is 9. The first kappa shape index (κ1) is 25.1. The summed E-state index contributed by atoms with van der Waals surface area (Å²) in [4.78, 5) is 35.9. The van der Waals surface area contributed by atoms with Crippen LogP contribution in [0, 0.1) is 0 Å². The van der Waals surface area contributed by atoms with E-state index in [0.29, 0.717) is 5.56 Å². The summed E-state index contributed by atoms with van der Waals surface area (Å²) in [6, 6.07) is 21.6. The van der Waals surface area contributed by atoms with Crippen molar-refractivity contribution in [1.29, 1.82) is 0 Å². The van der Waals surface area contributed by atoms with E-state index >= 15 is 0 Å². The van der Waals surface area contributed by atoms with Crippen LogP contribution >= 0.6 is 0 Å². The van der Waals surface area contributed by atoms with Crippen LogP contribution < -0.4 is 5.32 Å². The van der Waals surface area contributed by atoms with Gasteiger partial charge in [-0.3, -0.25) is 4.79 Å². The maximum atomic E-state index is 12.3. The molecule has 8 heteroatoms. The van der Waals surface area contributed by atoms with Gasteiger partial charge < -0.3 is 25.0 Å². The van der Waals surface area contributed by atoms with Gasteiger partial charge in [0.25, 0.3) is 5.78 Å². The summed E-state index contributed by atoms with van der Waals surface area (Å²) in [5, 5.41) is 23.2. The molecule has 0 spiro atoms. The average molecular weight is 490 g/mol. The first-order valence-corrected chi connectivity index (χ1v) is 11.7. The molecule has 0 radical (unpaired) electrons. The van der Waals surface area contributed by atoms with Crippen LogP contribution in [0.15, 0.2) is 72.8 Å². The van der Waals surface area contributed by atoms with Gasteiger partial charge in [0.15, 0.2) is 0 Å². The molecule has 1 aliphatic carbocycles. The summed E-state index contributed by atoms with van der Waals surface area (Å²) in [7, 11) is 0. The number of ketones is 1. The number of alkyl carbamates (subject to hydrolysis) is 1. The molecule has 1 aliphatic rings. The second-order valence-electron chi connectivity index (χ2n) is 8.39. The number of fused-ring (bicyclic) bond motifs is 3. The molecule has 0 fully saturated rings. The summed E-state index contributed by atoms with van der Waals surface area (Å²) in [6.07, 6.45) is -3.36. The van der Waals surface area contributed by atoms with Crippen LogP contribution in [0.25, 0.3) is 11.1 Å². The highest BCUT2D eigenvalue weighted by molar-refractivity contribution is 6.40. The van der Waals surface area contributed by atoms with Crippen molar-refractivity contribution in [3.63, 3.8) is 0 Å². The van der Waals surface area contributed by atoms with Crippen LogP contribution in [-0.2, 0) is 14.3 Å². The minimum atomic E-state index is -1.33. The van der Waals surface area contributed by atoms with Crippen molar-refractivity contribution in [3.8, 4) is 11.1 Å². The van der Waals surface area contributed by atoms with Crippen molar-refractivity contribution in [2.45, 2.75) is 25.0 Å². The number of aliphatic hydroxyl groups is 2. The fourth-order valence-corrected chi connectivity index (χ4v) is 4.32. The highest BCUT2D eigenvalue weighted by Gasteiger charge is 2.29. The smallest absolute Gasteiger partial charge is 0.407 e. The molecule has 1 amide bonds. The molecule has 36 heavy (non-hydrogen) atoms. The molecule has 3 aromatic rings. The molecule has 3 N–H and O–H groups in total. The highest BCUT2D eigenvalue weighted by atomic mass is 16.5. The van der Waals surface area contributed by atoms with Gasteiger partial charge in [-0.05, 0) is 34.7 Å². The van der Waals surface area contributed by atoms with Crippen LogP contribution in [0.5, 0.6) is 0 Å². The summed E-state index contributed by atoms with van der Waals surface area (Å²) >= 11 is 0. The number of Topliss-reactive ketones (excluding diaryl/α,β-unsaturated/α-hetero) is 1. The van der Waals surface area contributed by atoms with Crippen LogP contribution in [-0.4, -0.2) is 53.9 Å². The average Bonchev–Trinajstić information content (AvgIpc) is 3.23. The third-order valence-electron chi connectivity index (χ3n) is 6.14. The van der Waals surface area contributed by atoms with E-state index in [1.807, 2.05) is 48.5 Å². The second-order valence-corrected chi connectivity index (χ2v) is 8.39. The van der Waals surface area contributed by atoms with Gasteiger partial charge in [-0.15, -0.1) is 0 Å². The van der Waals surface area contributed by atoms with E-state index < -0.39 is 30.1 Å². The molecular formula is C28H27NO7. The predicted molar refractivity (Wildman–Crippen MR) is 131 cm³/mol. The number of carbonyl (C=O) groups is 3. The summed E-state index contributed by atoms with van der Waals surface area (Å²) in [5.74, 6) is -1.84. The number of ether oxygens (including phenoxy) is 2. The Morgan fingerprint density at radius 3 is 2.03 bits per heavy atom. The third-order valence-corrected chi connectivity index (χ3v) is 6.14. The van der Waals surface area contributed by atoms with Crippen LogP contribution in [0.3, 0.4) is 0 Å². The quantitative estimate of drug-likeness (QED) is 0.239. The zero-order valence-corrected chi connectivity index (χ0v) is 19.7. The number of benzene rings is 3. The lowest BCUT2D eigenvalue weighted by molar-refractivity contribution is -0.137. The second kappa shape index (κ2) is 11.2. The van der Waals surface area contributed by atoms with E-state index in [1.165, 1.54) is 24.3 Å². The number of nitrogens with one attached hydrogen (secondary N) is 1. The van der Waals surface area contributed by atoms with Crippen molar-refractivity contribution < 1.29 is 34.1 Å². The molecule has 0 saturated heterocycles. The molecule has 0 bridgehead atoms. The van der Waals surface area contributed by atoms with Gasteiger partial charge in [0, 0.05) is 18.0 Å². The van der Waals surface area contributed by atoms with Gasteiger partial charge in [-0.25, -0.2) is 9.59 Å². The molecule has 8 nitrogen and oxygen atoms in total. The van der Waals surface area contributed by atoms with Crippen molar-refractivity contribution in [3.05, 3.63) is 95.1 Å². The number of esters is 1. The fraction of sp³-hybridized carbons (Fsp3) is 0.250. The van der Waals surface area contributed by atoms with Gasteiger partial charge >= 0.3 is 12.1 Å². The molecular weight excluding hydrogens is 462 g/mol. The third kappa shape index (κ3) is 5.30. The minimum Gasteiger partial charge on any atom is -0.460 e. The Balaban J connectivity index is 1.29. The molecule has 3 aromatic carbocycles. The Kier molecular flexibility index (Phi) is 7.77. The van der Waals surface area contributed by atoms with E-state index in [0.717, 1.165) is 22.3 Å². The van der Waals surface area contributed by atoms with Gasteiger partial charge in [0.1, 0.15) is 18.8 Å². The van der Waals surface area contributed by atoms with E-state index in [4.69, 9.17) is 4.74 Å². The van der Waals surface area contributed by atoms with Crippen molar-refractivity contribution >= 4 is 17.8 Å². The Bertz CT molecular complexity index is 1210. The monoisotopic (exact) mass is 489 g/mol. The molecule has 4 rings (SSSR count). The maximum Gasteiger partial charge on any atom is 0.407 e. The lowest BCUT2D eigenvalue weighted by Crippen LogP contribution is -2.36. The molecule has 0 aliphatic heterocycles. The predicted octanol–water partition coefficient (Wildman–Crippen LogP) is 3.37. The summed E-state index contributed by atoms with van der Waals surface area (Å²) in [6.45, 7) is 1.57. The Labute approximate surface area is 208 Å². The first-order chi connectivity index (χ1) is 17.4. The van der Waals surface area contributed by atoms with Crippen LogP contribution in [0.4, 0.5) is 4.79 Å². The van der Waals surface area contributed by atoms with E-state index in [1.54, 1.807) is 6.92 Å². The summed E-state index contributed by atoms with van der Waals surface area (Å²) < 4.78 is 10.1. The molecule has 0 heterocycles. The highest BCUT2D eigenvalue weighted by Crippen LogP contribution is 2.44. The Morgan fingerprint density at radius 1 is 0.861 bits per heavy atom. The first-order valence-electron chi connectivity index (χ1n) is 11.7. The lowest BCUT2D eigenvalue weighted by Gasteiger charge is -2.19. The molecule has 186 valence electrons. The molecule has 0 aromatic heterocycles. The zero-order valence-electron chi connectivity index (χ0n) is 19.7. The Morgan fingerprint density at radius 2 is 1.44 bits per heavy atom. The zero-order chi connectivity index (χ0) is 25.7. The van der Waals surface area contributed by atoms with E-state index in [2.05, 4.69) is 10.1 Å². The number of hydrogen-bond acceptors (Lipinski definition) is 7. The van der Waals surface area contributed by atoms with Gasteiger partial charge in [0.05, 0.1) is 6.61 Å². The summed E-state index contributed by atoms with van der Waals surface area (Å²) in [5.41, 5.74) is 4.85. The lowest BCUT2D eigenvalue weighted by atomic mass is 9.98. The number of carbonyl (C=O) groups excluding carboxylic acids is 3.